The van der Waals surface area contributed by atoms with E-state index >= 15 is 0 Å². The normalized spacial score (nSPS) is 18.4. The van der Waals surface area contributed by atoms with Gasteiger partial charge in [-0.1, -0.05) is 43.7 Å². The molecule has 1 fully saturated rings. The molecule has 0 aliphatic heterocycles. The molecule has 1 heterocycles. The Labute approximate surface area is 157 Å². The molecule has 1 aliphatic rings. The summed E-state index contributed by atoms with van der Waals surface area (Å²) < 4.78 is 11.0. The Morgan fingerprint density at radius 3 is 2.63 bits per heavy atom. The predicted molar refractivity (Wildman–Crippen MR) is 104 cm³/mol. The molecule has 4 heteroatoms. The van der Waals surface area contributed by atoms with Gasteiger partial charge in [0.2, 0.25) is 0 Å². The van der Waals surface area contributed by atoms with Crippen LogP contribution in [0.25, 0.3) is 11.0 Å². The summed E-state index contributed by atoms with van der Waals surface area (Å²) in [6.45, 7) is 2.06. The van der Waals surface area contributed by atoms with Crippen LogP contribution in [0, 0.1) is 0 Å². The van der Waals surface area contributed by atoms with E-state index in [9.17, 15) is 9.59 Å². The highest BCUT2D eigenvalue weighted by Gasteiger charge is 2.43. The molecule has 1 aliphatic carbocycles. The molecule has 0 N–H and O–H groups in total. The number of ether oxygens (including phenoxy) is 1. The summed E-state index contributed by atoms with van der Waals surface area (Å²) in [6.07, 6.45) is 2.53. The number of hydrogen-bond donors (Lipinski definition) is 0. The fourth-order valence-electron chi connectivity index (χ4n) is 3.84. The molecule has 4 rings (SSSR count). The van der Waals surface area contributed by atoms with E-state index in [1.807, 2.05) is 18.2 Å². The SMILES string of the molecule is CCCc1c([C@@H]2C[C@H]2c2ccccc2)oc2ccc(C(=O)OC)cc2c1=O. The van der Waals surface area contributed by atoms with Gasteiger partial charge in [0, 0.05) is 11.5 Å². The minimum Gasteiger partial charge on any atom is -0.465 e. The number of benzene rings is 2. The zero-order valence-electron chi connectivity index (χ0n) is 15.5. The Morgan fingerprint density at radius 1 is 1.15 bits per heavy atom. The third-order valence-electron chi connectivity index (χ3n) is 5.29. The van der Waals surface area contributed by atoms with Crippen LogP contribution in [0.1, 0.15) is 58.8 Å². The van der Waals surface area contributed by atoms with Crippen LogP contribution in [0.3, 0.4) is 0 Å². The average molecular weight is 362 g/mol. The number of esters is 1. The van der Waals surface area contributed by atoms with Gasteiger partial charge in [-0.3, -0.25) is 4.79 Å². The van der Waals surface area contributed by atoms with Gasteiger partial charge in [0.05, 0.1) is 18.1 Å². The summed E-state index contributed by atoms with van der Waals surface area (Å²) in [7, 11) is 1.33. The van der Waals surface area contributed by atoms with Gasteiger partial charge in [0.1, 0.15) is 11.3 Å². The average Bonchev–Trinajstić information content (AvgIpc) is 3.50. The van der Waals surface area contributed by atoms with E-state index in [1.54, 1.807) is 18.2 Å². The van der Waals surface area contributed by atoms with Crippen molar-refractivity contribution >= 4 is 16.9 Å². The third kappa shape index (κ3) is 3.16. The lowest BCUT2D eigenvalue weighted by Gasteiger charge is -2.10. The molecule has 0 bridgehead atoms. The first-order chi connectivity index (χ1) is 13.1. The molecule has 0 amide bonds. The number of rotatable bonds is 5. The zero-order valence-corrected chi connectivity index (χ0v) is 15.5. The first-order valence-electron chi connectivity index (χ1n) is 9.37. The van der Waals surface area contributed by atoms with E-state index in [0.29, 0.717) is 28.9 Å². The van der Waals surface area contributed by atoms with E-state index < -0.39 is 5.97 Å². The van der Waals surface area contributed by atoms with Crippen molar-refractivity contribution in [3.8, 4) is 0 Å². The van der Waals surface area contributed by atoms with Gasteiger partial charge in [0.25, 0.3) is 0 Å². The summed E-state index contributed by atoms with van der Waals surface area (Å²) in [4.78, 5) is 25.0. The lowest BCUT2D eigenvalue weighted by Crippen LogP contribution is -2.13. The van der Waals surface area contributed by atoms with Gasteiger partial charge in [0.15, 0.2) is 5.43 Å². The largest absolute Gasteiger partial charge is 0.465 e. The van der Waals surface area contributed by atoms with Crippen LogP contribution in [0.4, 0.5) is 0 Å². The Hall–Kier alpha value is -2.88. The van der Waals surface area contributed by atoms with E-state index in [0.717, 1.165) is 24.2 Å². The summed E-state index contributed by atoms with van der Waals surface area (Å²) in [5.41, 5.74) is 2.89. The second-order valence-corrected chi connectivity index (χ2v) is 7.09. The summed E-state index contributed by atoms with van der Waals surface area (Å²) >= 11 is 0. The van der Waals surface area contributed by atoms with E-state index in [2.05, 4.69) is 19.1 Å². The maximum Gasteiger partial charge on any atom is 0.337 e. The maximum absolute atomic E-state index is 13.2. The van der Waals surface area contributed by atoms with Gasteiger partial charge in [-0.25, -0.2) is 4.79 Å². The monoisotopic (exact) mass is 362 g/mol. The van der Waals surface area contributed by atoms with Gasteiger partial charge in [-0.2, -0.15) is 0 Å². The predicted octanol–water partition coefficient (Wildman–Crippen LogP) is 4.80. The number of carbonyl (C=O) groups excluding carboxylic acids is 1. The van der Waals surface area contributed by atoms with Crippen molar-refractivity contribution in [2.45, 2.75) is 38.0 Å². The van der Waals surface area contributed by atoms with Crippen LogP contribution in [-0.2, 0) is 11.2 Å². The second kappa shape index (κ2) is 7.03. The lowest BCUT2D eigenvalue weighted by atomic mass is 10.0. The van der Waals surface area contributed by atoms with Crippen molar-refractivity contribution in [1.82, 2.24) is 0 Å². The molecule has 2 aromatic carbocycles. The van der Waals surface area contributed by atoms with Crippen LogP contribution in [0.2, 0.25) is 0 Å². The maximum atomic E-state index is 13.2. The molecular formula is C23H22O4. The molecular weight excluding hydrogens is 340 g/mol. The number of fused-ring (bicyclic) bond motifs is 1. The number of methoxy groups -OCH3 is 1. The van der Waals surface area contributed by atoms with Crippen molar-refractivity contribution in [2.75, 3.05) is 7.11 Å². The summed E-state index contributed by atoms with van der Waals surface area (Å²) in [5.74, 6) is 1.00. The summed E-state index contributed by atoms with van der Waals surface area (Å²) in [6, 6.07) is 15.3. The Kier molecular flexibility index (Phi) is 4.56. The van der Waals surface area contributed by atoms with Crippen molar-refractivity contribution in [1.29, 1.82) is 0 Å². The lowest BCUT2D eigenvalue weighted by molar-refractivity contribution is 0.0601. The Bertz CT molecular complexity index is 1050. The van der Waals surface area contributed by atoms with Crippen molar-refractivity contribution in [3.63, 3.8) is 0 Å². The van der Waals surface area contributed by atoms with Gasteiger partial charge in [-0.15, -0.1) is 0 Å². The molecule has 1 aromatic heterocycles. The molecule has 0 saturated heterocycles. The zero-order chi connectivity index (χ0) is 19.0. The van der Waals surface area contributed by atoms with Crippen LogP contribution in [-0.4, -0.2) is 13.1 Å². The second-order valence-electron chi connectivity index (χ2n) is 7.09. The summed E-state index contributed by atoms with van der Waals surface area (Å²) in [5, 5.41) is 0.446. The third-order valence-corrected chi connectivity index (χ3v) is 5.29. The van der Waals surface area contributed by atoms with Gasteiger partial charge >= 0.3 is 5.97 Å². The molecule has 3 aromatic rings. The minimum atomic E-state index is -0.455. The van der Waals surface area contributed by atoms with Gasteiger partial charge in [-0.05, 0) is 42.5 Å². The Morgan fingerprint density at radius 2 is 1.93 bits per heavy atom. The molecule has 0 spiro atoms. The highest BCUT2D eigenvalue weighted by Crippen LogP contribution is 2.55. The quantitative estimate of drug-likeness (QED) is 0.612. The molecule has 138 valence electrons. The minimum absolute atomic E-state index is 0.0300. The fraction of sp³-hybridized carbons (Fsp3) is 0.304. The molecule has 4 nitrogen and oxygen atoms in total. The number of carbonyl (C=O) groups is 1. The number of hydrogen-bond acceptors (Lipinski definition) is 4. The first kappa shape index (κ1) is 17.5. The van der Waals surface area contributed by atoms with Crippen molar-refractivity contribution in [3.05, 3.63) is 81.2 Å². The molecule has 2 atom stereocenters. The molecule has 0 unspecified atom stereocenters. The van der Waals surface area contributed by atoms with E-state index in [-0.39, 0.29) is 11.3 Å². The van der Waals surface area contributed by atoms with Crippen molar-refractivity contribution < 1.29 is 13.9 Å². The topological polar surface area (TPSA) is 56.5 Å². The highest BCUT2D eigenvalue weighted by molar-refractivity contribution is 5.94. The van der Waals surface area contributed by atoms with Crippen LogP contribution in [0.5, 0.6) is 0 Å². The molecule has 1 saturated carbocycles. The van der Waals surface area contributed by atoms with Crippen LogP contribution < -0.4 is 5.43 Å². The van der Waals surface area contributed by atoms with Gasteiger partial charge < -0.3 is 9.15 Å². The Balaban J connectivity index is 1.80. The van der Waals surface area contributed by atoms with E-state index in [4.69, 9.17) is 9.15 Å². The van der Waals surface area contributed by atoms with Crippen LogP contribution >= 0.6 is 0 Å². The smallest absolute Gasteiger partial charge is 0.337 e. The fourth-order valence-corrected chi connectivity index (χ4v) is 3.84. The highest BCUT2D eigenvalue weighted by atomic mass is 16.5. The van der Waals surface area contributed by atoms with Crippen molar-refractivity contribution in [2.24, 2.45) is 0 Å². The van der Waals surface area contributed by atoms with Crippen LogP contribution in [0.15, 0.2) is 57.7 Å². The molecule has 0 radical (unpaired) electrons. The van der Waals surface area contributed by atoms with E-state index in [1.165, 1.54) is 12.7 Å². The standard InChI is InChI=1S/C23H22O4/c1-3-7-16-21(24)19-12-15(23(25)26-2)10-11-20(19)27-22(16)18-13-17(18)14-8-5-4-6-9-14/h4-6,8-12,17-18H,3,7,13H2,1-2H3/t17-,18+/m0/s1. The first-order valence-corrected chi connectivity index (χ1v) is 9.37. The molecule has 27 heavy (non-hydrogen) atoms.